The van der Waals surface area contributed by atoms with E-state index < -0.39 is 11.9 Å². The molecule has 0 aliphatic heterocycles. The predicted octanol–water partition coefficient (Wildman–Crippen LogP) is 4.32. The number of carboxylic acids is 1. The third-order valence-corrected chi connectivity index (χ3v) is 5.29. The summed E-state index contributed by atoms with van der Waals surface area (Å²) in [4.78, 5) is 35.9. The fourth-order valence-corrected chi connectivity index (χ4v) is 3.74. The summed E-state index contributed by atoms with van der Waals surface area (Å²) in [5, 5.41) is 14.8. The zero-order valence-electron chi connectivity index (χ0n) is 15.1. The number of carbonyl (C=O) groups excluding carboxylic acids is 2. The first-order chi connectivity index (χ1) is 13.9. The van der Waals surface area contributed by atoms with Crippen LogP contribution in [-0.2, 0) is 6.42 Å². The lowest BCUT2D eigenvalue weighted by atomic mass is 10.1. The van der Waals surface area contributed by atoms with E-state index in [9.17, 15) is 14.4 Å². The molecule has 29 heavy (non-hydrogen) atoms. The third-order valence-electron chi connectivity index (χ3n) is 4.11. The molecule has 148 valence electrons. The molecule has 0 spiro atoms. The van der Waals surface area contributed by atoms with Crippen molar-refractivity contribution < 1.29 is 19.5 Å². The molecule has 0 radical (unpaired) electrons. The smallest absolute Gasteiger partial charge is 0.335 e. The van der Waals surface area contributed by atoms with Crippen molar-refractivity contribution in [3.05, 3.63) is 87.3 Å². The topological polar surface area (TPSA) is 95.5 Å². The van der Waals surface area contributed by atoms with Crippen LogP contribution in [0.4, 0.5) is 5.00 Å². The van der Waals surface area contributed by atoms with Gasteiger partial charge in [0.25, 0.3) is 11.8 Å². The van der Waals surface area contributed by atoms with Crippen molar-refractivity contribution in [2.45, 2.75) is 6.42 Å². The largest absolute Gasteiger partial charge is 0.478 e. The molecule has 0 saturated carbocycles. The van der Waals surface area contributed by atoms with Gasteiger partial charge in [-0.25, -0.2) is 4.79 Å². The SMILES string of the molecule is O=C(O)c1ccc(C(=O)Nc2sc(Cl)cc2C(=O)NCCc2ccccc2)cc1. The Kier molecular flexibility index (Phi) is 6.64. The van der Waals surface area contributed by atoms with Gasteiger partial charge in [0, 0.05) is 12.1 Å². The lowest BCUT2D eigenvalue weighted by molar-refractivity contribution is 0.0696. The molecule has 6 nitrogen and oxygen atoms in total. The summed E-state index contributed by atoms with van der Waals surface area (Å²) in [6, 6.07) is 16.8. The standard InChI is InChI=1S/C21H17ClN2O4S/c22-17-12-16(19(26)23-11-10-13-4-2-1-3-5-13)20(29-17)24-18(25)14-6-8-15(9-7-14)21(27)28/h1-9,12H,10-11H2,(H,23,26)(H,24,25)(H,27,28). The number of anilines is 1. The van der Waals surface area contributed by atoms with Crippen LogP contribution < -0.4 is 10.6 Å². The highest BCUT2D eigenvalue weighted by molar-refractivity contribution is 7.20. The van der Waals surface area contributed by atoms with Crippen LogP contribution in [0.1, 0.15) is 36.6 Å². The summed E-state index contributed by atoms with van der Waals surface area (Å²) < 4.78 is 0.370. The Hall–Kier alpha value is -3.16. The monoisotopic (exact) mass is 428 g/mol. The number of aromatic carboxylic acids is 1. The van der Waals surface area contributed by atoms with E-state index in [2.05, 4.69) is 10.6 Å². The molecule has 0 atom stereocenters. The number of thiophene rings is 1. The van der Waals surface area contributed by atoms with E-state index in [1.165, 1.54) is 30.3 Å². The molecule has 1 aromatic heterocycles. The highest BCUT2D eigenvalue weighted by Gasteiger charge is 2.18. The van der Waals surface area contributed by atoms with Crippen molar-refractivity contribution in [3.8, 4) is 0 Å². The van der Waals surface area contributed by atoms with E-state index in [1.807, 2.05) is 30.3 Å². The molecule has 0 saturated heterocycles. The van der Waals surface area contributed by atoms with E-state index >= 15 is 0 Å². The highest BCUT2D eigenvalue weighted by Crippen LogP contribution is 2.32. The Morgan fingerprint density at radius 2 is 1.59 bits per heavy atom. The second kappa shape index (κ2) is 9.36. The number of nitrogens with one attached hydrogen (secondary N) is 2. The molecule has 8 heteroatoms. The quantitative estimate of drug-likeness (QED) is 0.522. The molecule has 0 unspecified atom stereocenters. The molecule has 0 fully saturated rings. The fraction of sp³-hybridized carbons (Fsp3) is 0.0952. The summed E-state index contributed by atoms with van der Waals surface area (Å²) >= 11 is 7.13. The van der Waals surface area contributed by atoms with Crippen LogP contribution in [-0.4, -0.2) is 29.4 Å². The van der Waals surface area contributed by atoms with E-state index in [0.29, 0.717) is 22.3 Å². The van der Waals surface area contributed by atoms with Crippen LogP contribution in [0.5, 0.6) is 0 Å². The van der Waals surface area contributed by atoms with E-state index in [4.69, 9.17) is 16.7 Å². The summed E-state index contributed by atoms with van der Waals surface area (Å²) in [5.41, 5.74) is 1.74. The number of benzene rings is 2. The Labute approximate surface area is 176 Å². The van der Waals surface area contributed by atoms with E-state index in [0.717, 1.165) is 16.9 Å². The van der Waals surface area contributed by atoms with Crippen LogP contribution in [0.15, 0.2) is 60.7 Å². The van der Waals surface area contributed by atoms with Gasteiger partial charge in [-0.05, 0) is 42.3 Å². The summed E-state index contributed by atoms with van der Waals surface area (Å²) in [5.74, 6) is -1.86. The van der Waals surface area contributed by atoms with Crippen molar-refractivity contribution in [2.24, 2.45) is 0 Å². The van der Waals surface area contributed by atoms with Crippen molar-refractivity contribution >= 4 is 45.7 Å². The Morgan fingerprint density at radius 3 is 2.24 bits per heavy atom. The number of carbonyl (C=O) groups is 3. The Morgan fingerprint density at radius 1 is 0.931 bits per heavy atom. The number of carboxylic acid groups (broad SMARTS) is 1. The maximum Gasteiger partial charge on any atom is 0.335 e. The summed E-state index contributed by atoms with van der Waals surface area (Å²) in [6.45, 7) is 0.445. The number of hydrogen-bond acceptors (Lipinski definition) is 4. The molecular formula is C21H17ClN2O4S. The van der Waals surface area contributed by atoms with Gasteiger partial charge >= 0.3 is 5.97 Å². The van der Waals surface area contributed by atoms with E-state index in [1.54, 1.807) is 0 Å². The highest BCUT2D eigenvalue weighted by atomic mass is 35.5. The molecule has 1 heterocycles. The van der Waals surface area contributed by atoms with Gasteiger partial charge in [0.1, 0.15) is 5.00 Å². The van der Waals surface area contributed by atoms with Gasteiger partial charge in [0.2, 0.25) is 0 Å². The maximum absolute atomic E-state index is 12.5. The average Bonchev–Trinajstić information content (AvgIpc) is 3.09. The summed E-state index contributed by atoms with van der Waals surface area (Å²) in [7, 11) is 0. The second-order valence-corrected chi connectivity index (χ2v) is 7.80. The first kappa shape index (κ1) is 20.6. The lowest BCUT2D eigenvalue weighted by Gasteiger charge is -2.08. The van der Waals surface area contributed by atoms with Gasteiger partial charge < -0.3 is 15.7 Å². The first-order valence-corrected chi connectivity index (χ1v) is 9.89. The fourth-order valence-electron chi connectivity index (χ4n) is 2.62. The zero-order valence-corrected chi connectivity index (χ0v) is 16.7. The van der Waals surface area contributed by atoms with Gasteiger partial charge in [-0.2, -0.15) is 0 Å². The van der Waals surface area contributed by atoms with Gasteiger partial charge in [-0.1, -0.05) is 41.9 Å². The molecule has 2 aromatic carbocycles. The zero-order chi connectivity index (χ0) is 20.8. The van der Waals surface area contributed by atoms with Crippen LogP contribution in [0.25, 0.3) is 0 Å². The summed E-state index contributed by atoms with van der Waals surface area (Å²) in [6.07, 6.45) is 0.683. The number of rotatable bonds is 7. The molecular weight excluding hydrogens is 412 g/mol. The van der Waals surface area contributed by atoms with Gasteiger partial charge in [-0.3, -0.25) is 9.59 Å². The number of halogens is 1. The molecule has 0 bridgehead atoms. The minimum atomic E-state index is -1.07. The Balaban J connectivity index is 1.65. The van der Waals surface area contributed by atoms with Gasteiger partial charge in [-0.15, -0.1) is 11.3 Å². The van der Waals surface area contributed by atoms with Crippen LogP contribution >= 0.6 is 22.9 Å². The van der Waals surface area contributed by atoms with Crippen LogP contribution in [0.2, 0.25) is 4.34 Å². The second-order valence-electron chi connectivity index (χ2n) is 6.12. The first-order valence-electron chi connectivity index (χ1n) is 8.70. The van der Waals surface area contributed by atoms with E-state index in [-0.39, 0.29) is 22.6 Å². The maximum atomic E-state index is 12.5. The minimum Gasteiger partial charge on any atom is -0.478 e. The Bertz CT molecular complexity index is 1030. The minimum absolute atomic E-state index is 0.0826. The average molecular weight is 429 g/mol. The predicted molar refractivity (Wildman–Crippen MR) is 113 cm³/mol. The molecule has 0 aliphatic rings. The van der Waals surface area contributed by atoms with Gasteiger partial charge in [0.15, 0.2) is 0 Å². The number of amides is 2. The van der Waals surface area contributed by atoms with Crippen molar-refractivity contribution in [2.75, 3.05) is 11.9 Å². The molecule has 3 rings (SSSR count). The van der Waals surface area contributed by atoms with Crippen LogP contribution in [0, 0.1) is 0 Å². The molecule has 3 aromatic rings. The molecule has 3 N–H and O–H groups in total. The van der Waals surface area contributed by atoms with Crippen molar-refractivity contribution in [3.63, 3.8) is 0 Å². The van der Waals surface area contributed by atoms with Gasteiger partial charge in [0.05, 0.1) is 15.5 Å². The van der Waals surface area contributed by atoms with Crippen LogP contribution in [0.3, 0.4) is 0 Å². The van der Waals surface area contributed by atoms with Crippen molar-refractivity contribution in [1.82, 2.24) is 5.32 Å². The normalized spacial score (nSPS) is 10.4. The van der Waals surface area contributed by atoms with Crippen molar-refractivity contribution in [1.29, 1.82) is 0 Å². The number of hydrogen-bond donors (Lipinski definition) is 3. The molecule has 2 amide bonds. The molecule has 0 aliphatic carbocycles. The third kappa shape index (κ3) is 5.43. The lowest BCUT2D eigenvalue weighted by Crippen LogP contribution is -2.26.